The van der Waals surface area contributed by atoms with Crippen LogP contribution in [0.4, 0.5) is 5.69 Å². The Balaban J connectivity index is 1.81. The smallest absolute Gasteiger partial charge is 0.255 e. The molecule has 0 aliphatic carbocycles. The summed E-state index contributed by atoms with van der Waals surface area (Å²) in [4.78, 5) is 14.5. The standard InChI is InChI=1S/C17H23ClN2O3S/c1-13-6-9-19(10-7-13)17(21)15-5-4-14(12-16(15)18)20-8-2-3-11-24(20,22)23/h4-5,12-13H,2-3,6-11H2,1H3. The number of piperidine rings is 1. The molecule has 0 N–H and O–H groups in total. The van der Waals surface area contributed by atoms with Crippen molar-refractivity contribution in [3.05, 3.63) is 28.8 Å². The van der Waals surface area contributed by atoms with E-state index < -0.39 is 10.0 Å². The van der Waals surface area contributed by atoms with Crippen LogP contribution in [0.5, 0.6) is 0 Å². The first-order valence-corrected chi connectivity index (χ1v) is 10.5. The van der Waals surface area contributed by atoms with Crippen LogP contribution in [0.25, 0.3) is 0 Å². The van der Waals surface area contributed by atoms with Crippen molar-refractivity contribution in [1.82, 2.24) is 4.90 Å². The summed E-state index contributed by atoms with van der Waals surface area (Å²) in [5.74, 6) is 0.744. The number of carbonyl (C=O) groups excluding carboxylic acids is 1. The summed E-state index contributed by atoms with van der Waals surface area (Å²) < 4.78 is 25.8. The van der Waals surface area contributed by atoms with Crippen molar-refractivity contribution in [2.24, 2.45) is 5.92 Å². The molecule has 7 heteroatoms. The third-order valence-electron chi connectivity index (χ3n) is 4.89. The molecule has 2 fully saturated rings. The number of halogens is 1. The molecule has 0 unspecified atom stereocenters. The van der Waals surface area contributed by atoms with Crippen molar-refractivity contribution in [2.75, 3.05) is 29.7 Å². The lowest BCUT2D eigenvalue weighted by Gasteiger charge is -2.31. The second-order valence-corrected chi connectivity index (χ2v) is 9.15. The van der Waals surface area contributed by atoms with Crippen LogP contribution < -0.4 is 4.31 Å². The molecule has 5 nitrogen and oxygen atoms in total. The van der Waals surface area contributed by atoms with Crippen molar-refractivity contribution in [1.29, 1.82) is 0 Å². The number of hydrogen-bond acceptors (Lipinski definition) is 3. The number of hydrogen-bond donors (Lipinski definition) is 0. The molecule has 1 aromatic carbocycles. The van der Waals surface area contributed by atoms with Gasteiger partial charge in [0.2, 0.25) is 10.0 Å². The van der Waals surface area contributed by atoms with Gasteiger partial charge in [0.05, 0.1) is 22.0 Å². The number of carbonyl (C=O) groups is 1. The zero-order valence-corrected chi connectivity index (χ0v) is 15.4. The highest BCUT2D eigenvalue weighted by Crippen LogP contribution is 2.29. The maximum atomic E-state index is 12.7. The van der Waals surface area contributed by atoms with Crippen LogP contribution >= 0.6 is 11.6 Å². The second kappa shape index (κ2) is 6.92. The molecule has 2 heterocycles. The largest absolute Gasteiger partial charge is 0.339 e. The third kappa shape index (κ3) is 3.54. The van der Waals surface area contributed by atoms with Gasteiger partial charge >= 0.3 is 0 Å². The molecule has 2 saturated heterocycles. The lowest BCUT2D eigenvalue weighted by Crippen LogP contribution is -2.38. The van der Waals surface area contributed by atoms with Crippen LogP contribution in [-0.4, -0.2) is 44.6 Å². The summed E-state index contributed by atoms with van der Waals surface area (Å²) in [6.45, 7) is 4.16. The molecule has 3 rings (SSSR count). The molecule has 1 aromatic rings. The number of sulfonamides is 1. The highest BCUT2D eigenvalue weighted by Gasteiger charge is 2.28. The fourth-order valence-corrected chi connectivity index (χ4v) is 5.18. The molecule has 0 saturated carbocycles. The minimum atomic E-state index is -3.27. The summed E-state index contributed by atoms with van der Waals surface area (Å²) in [6, 6.07) is 4.95. The predicted octanol–water partition coefficient (Wildman–Crippen LogP) is 3.14. The highest BCUT2D eigenvalue weighted by atomic mass is 35.5. The summed E-state index contributed by atoms with van der Waals surface area (Å²) in [6.07, 6.45) is 3.54. The van der Waals surface area contributed by atoms with Crippen LogP contribution in [0.3, 0.4) is 0 Å². The molecule has 132 valence electrons. The monoisotopic (exact) mass is 370 g/mol. The lowest BCUT2D eigenvalue weighted by molar-refractivity contribution is 0.0697. The minimum absolute atomic E-state index is 0.0695. The minimum Gasteiger partial charge on any atom is -0.339 e. The van der Waals surface area contributed by atoms with Gasteiger partial charge in [-0.25, -0.2) is 8.42 Å². The van der Waals surface area contributed by atoms with Gasteiger partial charge in [0.1, 0.15) is 0 Å². The van der Waals surface area contributed by atoms with E-state index in [0.29, 0.717) is 35.2 Å². The van der Waals surface area contributed by atoms with Crippen LogP contribution in [0.1, 0.15) is 43.0 Å². The first-order valence-electron chi connectivity index (χ1n) is 8.48. The Bertz CT molecular complexity index is 727. The second-order valence-electron chi connectivity index (χ2n) is 6.73. The van der Waals surface area contributed by atoms with Crippen molar-refractivity contribution in [3.63, 3.8) is 0 Å². The molecule has 2 aliphatic heterocycles. The Morgan fingerprint density at radius 2 is 1.88 bits per heavy atom. The molecule has 0 atom stereocenters. The summed E-state index contributed by atoms with van der Waals surface area (Å²) in [5.41, 5.74) is 0.993. The van der Waals surface area contributed by atoms with Gasteiger partial charge in [-0.1, -0.05) is 18.5 Å². The maximum Gasteiger partial charge on any atom is 0.255 e. The molecular formula is C17H23ClN2O3S. The van der Waals surface area contributed by atoms with Crippen LogP contribution in [0, 0.1) is 5.92 Å². The van der Waals surface area contributed by atoms with Gasteiger partial charge in [-0.15, -0.1) is 0 Å². The number of likely N-dealkylation sites (tertiary alicyclic amines) is 1. The Labute approximate surface area is 148 Å². The van der Waals surface area contributed by atoms with Crippen molar-refractivity contribution in [3.8, 4) is 0 Å². The van der Waals surface area contributed by atoms with Crippen molar-refractivity contribution in [2.45, 2.75) is 32.6 Å². The number of rotatable bonds is 2. The fraction of sp³-hybridized carbons (Fsp3) is 0.588. The zero-order valence-electron chi connectivity index (χ0n) is 13.9. The van der Waals surface area contributed by atoms with Gasteiger partial charge in [0.15, 0.2) is 0 Å². The Morgan fingerprint density at radius 3 is 2.50 bits per heavy atom. The van der Waals surface area contributed by atoms with E-state index in [0.717, 1.165) is 32.4 Å². The van der Waals surface area contributed by atoms with E-state index in [1.54, 1.807) is 18.2 Å². The van der Waals surface area contributed by atoms with Gasteiger partial charge in [-0.3, -0.25) is 9.10 Å². The van der Waals surface area contributed by atoms with Gasteiger partial charge in [-0.05, 0) is 49.8 Å². The Hall–Kier alpha value is -1.27. The van der Waals surface area contributed by atoms with Crippen LogP contribution in [-0.2, 0) is 10.0 Å². The SMILES string of the molecule is CC1CCN(C(=O)c2ccc(N3CCCCS3(=O)=O)cc2Cl)CC1. The van der Waals surface area contributed by atoms with Crippen LogP contribution in [0.2, 0.25) is 5.02 Å². The molecule has 0 bridgehead atoms. The van der Waals surface area contributed by atoms with Gasteiger partial charge in [-0.2, -0.15) is 0 Å². The average Bonchev–Trinajstić information content (AvgIpc) is 2.54. The van der Waals surface area contributed by atoms with Gasteiger partial charge in [0, 0.05) is 19.6 Å². The topological polar surface area (TPSA) is 57.7 Å². The molecule has 0 spiro atoms. The summed E-state index contributed by atoms with van der Waals surface area (Å²) in [5, 5.41) is 0.317. The predicted molar refractivity (Wildman–Crippen MR) is 96.1 cm³/mol. The molecule has 24 heavy (non-hydrogen) atoms. The molecular weight excluding hydrogens is 348 g/mol. The maximum absolute atomic E-state index is 12.7. The van der Waals surface area contributed by atoms with Crippen molar-refractivity contribution < 1.29 is 13.2 Å². The van der Waals surface area contributed by atoms with E-state index in [2.05, 4.69) is 6.92 Å². The van der Waals surface area contributed by atoms with E-state index in [-0.39, 0.29) is 11.7 Å². The van der Waals surface area contributed by atoms with Gasteiger partial charge < -0.3 is 4.90 Å². The first-order chi connectivity index (χ1) is 11.4. The van der Waals surface area contributed by atoms with E-state index in [1.165, 1.54) is 4.31 Å². The van der Waals surface area contributed by atoms with Gasteiger partial charge in [0.25, 0.3) is 5.91 Å². The Morgan fingerprint density at radius 1 is 1.17 bits per heavy atom. The lowest BCUT2D eigenvalue weighted by atomic mass is 9.98. The zero-order chi connectivity index (χ0) is 17.3. The summed E-state index contributed by atoms with van der Waals surface area (Å²) >= 11 is 6.32. The molecule has 0 radical (unpaired) electrons. The first kappa shape index (κ1) is 17.5. The number of nitrogens with zero attached hydrogens (tertiary/aromatic N) is 2. The highest BCUT2D eigenvalue weighted by molar-refractivity contribution is 7.92. The Kier molecular flexibility index (Phi) is 5.06. The average molecular weight is 371 g/mol. The van der Waals surface area contributed by atoms with E-state index in [9.17, 15) is 13.2 Å². The normalized spacial score (nSPS) is 21.8. The van der Waals surface area contributed by atoms with Crippen molar-refractivity contribution >= 4 is 33.2 Å². The molecule has 1 amide bonds. The molecule has 0 aromatic heterocycles. The van der Waals surface area contributed by atoms with E-state index in [4.69, 9.17) is 11.6 Å². The summed E-state index contributed by atoms with van der Waals surface area (Å²) in [7, 11) is -3.27. The molecule has 2 aliphatic rings. The number of anilines is 1. The number of amides is 1. The van der Waals surface area contributed by atoms with E-state index in [1.807, 2.05) is 4.90 Å². The quantitative estimate of drug-likeness (QED) is 0.803. The van der Waals surface area contributed by atoms with E-state index >= 15 is 0 Å². The third-order valence-corrected chi connectivity index (χ3v) is 7.07. The fourth-order valence-electron chi connectivity index (χ4n) is 3.29. The van der Waals surface area contributed by atoms with Crippen LogP contribution in [0.15, 0.2) is 18.2 Å². The number of benzene rings is 1.